The molecule has 4 rings (SSSR count). The molecule has 0 amide bonds. The molecular formula is C20H19FN4O3S2. The van der Waals surface area contributed by atoms with Gasteiger partial charge in [-0.2, -0.15) is 4.98 Å². The van der Waals surface area contributed by atoms with Gasteiger partial charge in [-0.3, -0.25) is 0 Å². The lowest BCUT2D eigenvalue weighted by Crippen LogP contribution is -2.26. The number of methoxy groups -OCH3 is 1. The number of thiazole rings is 1. The van der Waals surface area contributed by atoms with Gasteiger partial charge in [-0.25, -0.2) is 22.0 Å². The second kappa shape index (κ2) is 8.13. The summed E-state index contributed by atoms with van der Waals surface area (Å²) in [5.41, 5.74) is 1.93. The summed E-state index contributed by atoms with van der Waals surface area (Å²) in [4.78, 5) is 5.09. The summed E-state index contributed by atoms with van der Waals surface area (Å²) in [6.45, 7) is 1.98. The Balaban J connectivity index is 1.52. The number of fused-ring (bicyclic) bond motifs is 1. The molecule has 0 saturated heterocycles. The molecule has 0 spiro atoms. The number of nitrogens with zero attached hydrogens (tertiary/aromatic N) is 3. The molecule has 0 atom stereocenters. The van der Waals surface area contributed by atoms with Gasteiger partial charge >= 0.3 is 0 Å². The van der Waals surface area contributed by atoms with E-state index in [1.807, 2.05) is 12.3 Å². The zero-order valence-corrected chi connectivity index (χ0v) is 17.9. The van der Waals surface area contributed by atoms with Crippen molar-refractivity contribution in [3.05, 3.63) is 64.9 Å². The number of aromatic nitrogens is 3. The van der Waals surface area contributed by atoms with Gasteiger partial charge in [0.05, 0.1) is 18.4 Å². The van der Waals surface area contributed by atoms with Crippen molar-refractivity contribution in [3.63, 3.8) is 0 Å². The number of sulfonamides is 1. The molecule has 2 aromatic heterocycles. The van der Waals surface area contributed by atoms with Crippen LogP contribution in [0.5, 0.6) is 5.75 Å². The molecule has 7 nitrogen and oxygen atoms in total. The van der Waals surface area contributed by atoms with Crippen LogP contribution in [-0.4, -0.2) is 36.7 Å². The monoisotopic (exact) mass is 446 g/mol. The third-order valence-corrected chi connectivity index (χ3v) is 6.89. The fraction of sp³-hybridized carbons (Fsp3) is 0.200. The van der Waals surface area contributed by atoms with Crippen molar-refractivity contribution in [2.24, 2.45) is 0 Å². The Morgan fingerprint density at radius 3 is 2.80 bits per heavy atom. The Kier molecular flexibility index (Phi) is 5.54. The highest BCUT2D eigenvalue weighted by Crippen LogP contribution is 2.25. The van der Waals surface area contributed by atoms with E-state index in [0.29, 0.717) is 22.8 Å². The smallest absolute Gasteiger partial charge is 0.244 e. The van der Waals surface area contributed by atoms with Gasteiger partial charge in [0.25, 0.3) is 0 Å². The molecule has 2 heterocycles. The second-order valence-electron chi connectivity index (χ2n) is 6.64. The number of aryl methyl sites for hydroxylation is 1. The van der Waals surface area contributed by atoms with E-state index in [1.54, 1.807) is 40.9 Å². The SMILES string of the molecule is COc1ccc(C)cc1S(=O)(=O)NCCc1csc2nc(-c3ccccc3F)nn12. The number of hydrogen-bond acceptors (Lipinski definition) is 6. The first-order valence-electron chi connectivity index (χ1n) is 9.11. The summed E-state index contributed by atoms with van der Waals surface area (Å²) in [5.74, 6) is 0.195. The van der Waals surface area contributed by atoms with Gasteiger partial charge in [0.2, 0.25) is 15.0 Å². The van der Waals surface area contributed by atoms with Crippen molar-refractivity contribution in [1.29, 1.82) is 0 Å². The lowest BCUT2D eigenvalue weighted by Gasteiger charge is -2.11. The number of rotatable bonds is 7. The van der Waals surface area contributed by atoms with Gasteiger partial charge in [-0.05, 0) is 36.8 Å². The number of halogens is 1. The molecule has 0 aliphatic carbocycles. The van der Waals surface area contributed by atoms with Crippen molar-refractivity contribution in [3.8, 4) is 17.1 Å². The quantitative estimate of drug-likeness (QED) is 0.470. The van der Waals surface area contributed by atoms with Crippen LogP contribution in [0.1, 0.15) is 11.3 Å². The van der Waals surface area contributed by atoms with Crippen LogP contribution in [0.2, 0.25) is 0 Å². The first kappa shape index (κ1) is 20.5. The van der Waals surface area contributed by atoms with E-state index < -0.39 is 15.8 Å². The van der Waals surface area contributed by atoms with Crippen LogP contribution in [0.25, 0.3) is 16.3 Å². The number of ether oxygens (including phenoxy) is 1. The first-order chi connectivity index (χ1) is 14.4. The maximum atomic E-state index is 14.0. The van der Waals surface area contributed by atoms with Gasteiger partial charge in [-0.15, -0.1) is 16.4 Å². The van der Waals surface area contributed by atoms with Crippen LogP contribution in [0.15, 0.2) is 52.7 Å². The summed E-state index contributed by atoms with van der Waals surface area (Å²) in [6, 6.07) is 11.3. The van der Waals surface area contributed by atoms with Crippen LogP contribution in [0, 0.1) is 12.7 Å². The molecule has 30 heavy (non-hydrogen) atoms. The molecule has 10 heteroatoms. The van der Waals surface area contributed by atoms with Crippen molar-refractivity contribution < 1.29 is 17.5 Å². The summed E-state index contributed by atoms with van der Waals surface area (Å²) < 4.78 is 48.9. The zero-order valence-electron chi connectivity index (χ0n) is 16.3. The van der Waals surface area contributed by atoms with Gasteiger partial charge in [0.15, 0.2) is 5.82 Å². The molecule has 2 aromatic carbocycles. The van der Waals surface area contributed by atoms with E-state index in [9.17, 15) is 12.8 Å². The maximum absolute atomic E-state index is 14.0. The van der Waals surface area contributed by atoms with E-state index in [-0.39, 0.29) is 17.2 Å². The van der Waals surface area contributed by atoms with Gasteiger partial charge in [0.1, 0.15) is 16.5 Å². The van der Waals surface area contributed by atoms with Crippen LogP contribution in [0.3, 0.4) is 0 Å². The van der Waals surface area contributed by atoms with Crippen LogP contribution < -0.4 is 9.46 Å². The fourth-order valence-electron chi connectivity index (χ4n) is 3.04. The maximum Gasteiger partial charge on any atom is 0.244 e. The highest BCUT2D eigenvalue weighted by molar-refractivity contribution is 7.89. The van der Waals surface area contributed by atoms with Crippen molar-refractivity contribution in [2.45, 2.75) is 18.2 Å². The predicted octanol–water partition coefficient (Wildman–Crippen LogP) is 3.43. The molecule has 0 aliphatic rings. The minimum atomic E-state index is -3.74. The van der Waals surface area contributed by atoms with Crippen molar-refractivity contribution in [1.82, 2.24) is 19.3 Å². The Morgan fingerprint density at radius 1 is 1.23 bits per heavy atom. The standard InChI is InChI=1S/C20H19FN4O3S2/c1-13-7-8-17(28-2)18(11-13)30(26,27)22-10-9-14-12-29-20-23-19(24-25(14)20)15-5-3-4-6-16(15)21/h3-8,11-12,22H,9-10H2,1-2H3. The number of hydrogen-bond donors (Lipinski definition) is 1. The normalized spacial score (nSPS) is 11.8. The lowest BCUT2D eigenvalue weighted by atomic mass is 10.2. The molecule has 156 valence electrons. The van der Waals surface area contributed by atoms with E-state index in [4.69, 9.17) is 4.74 Å². The van der Waals surface area contributed by atoms with Crippen LogP contribution >= 0.6 is 11.3 Å². The highest BCUT2D eigenvalue weighted by Gasteiger charge is 2.20. The molecule has 0 fully saturated rings. The third-order valence-electron chi connectivity index (χ3n) is 4.55. The average molecular weight is 447 g/mol. The molecule has 0 unspecified atom stereocenters. The molecule has 1 N–H and O–H groups in total. The molecule has 0 saturated carbocycles. The highest BCUT2D eigenvalue weighted by atomic mass is 32.2. The minimum Gasteiger partial charge on any atom is -0.495 e. The summed E-state index contributed by atoms with van der Waals surface area (Å²) in [5, 5.41) is 6.26. The van der Waals surface area contributed by atoms with Crippen LogP contribution in [-0.2, 0) is 16.4 Å². The zero-order chi connectivity index (χ0) is 21.3. The van der Waals surface area contributed by atoms with E-state index in [1.165, 1.54) is 24.5 Å². The average Bonchev–Trinajstić information content (AvgIpc) is 3.30. The third kappa shape index (κ3) is 3.93. The predicted molar refractivity (Wildman–Crippen MR) is 113 cm³/mol. The Hall–Kier alpha value is -2.82. The van der Waals surface area contributed by atoms with E-state index in [2.05, 4.69) is 14.8 Å². The molecule has 0 radical (unpaired) electrons. The van der Waals surface area contributed by atoms with Gasteiger partial charge < -0.3 is 4.74 Å². The minimum absolute atomic E-state index is 0.100. The Bertz CT molecular complexity index is 1310. The molecular weight excluding hydrogens is 427 g/mol. The van der Waals surface area contributed by atoms with E-state index >= 15 is 0 Å². The summed E-state index contributed by atoms with van der Waals surface area (Å²) in [7, 11) is -2.31. The molecule has 0 aliphatic heterocycles. The molecule has 4 aromatic rings. The molecule has 0 bridgehead atoms. The largest absolute Gasteiger partial charge is 0.495 e. The topological polar surface area (TPSA) is 85.6 Å². The Labute approximate surface area is 177 Å². The van der Waals surface area contributed by atoms with Crippen LogP contribution in [0.4, 0.5) is 4.39 Å². The first-order valence-corrected chi connectivity index (χ1v) is 11.5. The van der Waals surface area contributed by atoms with Crippen molar-refractivity contribution in [2.75, 3.05) is 13.7 Å². The Morgan fingerprint density at radius 2 is 2.03 bits per heavy atom. The lowest BCUT2D eigenvalue weighted by molar-refractivity contribution is 0.402. The van der Waals surface area contributed by atoms with Crippen molar-refractivity contribution >= 4 is 26.3 Å². The summed E-state index contributed by atoms with van der Waals surface area (Å²) in [6.07, 6.45) is 0.396. The second-order valence-corrected chi connectivity index (χ2v) is 9.21. The van der Waals surface area contributed by atoms with Gasteiger partial charge in [-0.1, -0.05) is 18.2 Å². The fourth-order valence-corrected chi connectivity index (χ4v) is 5.18. The van der Waals surface area contributed by atoms with E-state index in [0.717, 1.165) is 11.3 Å². The number of benzene rings is 2. The van der Waals surface area contributed by atoms with Gasteiger partial charge in [0, 0.05) is 18.3 Å². The number of nitrogens with one attached hydrogen (secondary N) is 1. The summed E-state index contributed by atoms with van der Waals surface area (Å²) >= 11 is 1.37.